The standard InChI is InChI=1S/C7H6O.C3H3ClN2O/c1-8-7-4-5-2-3-6(5)7;4-1-3-6-5-2-7-3/h2-4H,1H3;2H,1H2. The molecule has 4 nitrogen and oxygen atoms in total. The van der Waals surface area contributed by atoms with Gasteiger partial charge in [-0.05, 0) is 11.3 Å². The molecule has 2 aliphatic rings. The fourth-order valence-electron chi connectivity index (χ4n) is 1.18. The van der Waals surface area contributed by atoms with E-state index in [2.05, 4.69) is 26.7 Å². The highest BCUT2D eigenvalue weighted by Crippen LogP contribution is 2.22. The number of halogens is 1. The first-order valence-corrected chi connectivity index (χ1v) is 4.88. The van der Waals surface area contributed by atoms with Crippen molar-refractivity contribution in [3.05, 3.63) is 40.9 Å². The van der Waals surface area contributed by atoms with Crippen LogP contribution >= 0.6 is 11.6 Å². The molecule has 2 aliphatic carbocycles. The second-order valence-corrected chi connectivity index (χ2v) is 3.15. The Kier molecular flexibility index (Phi) is 2.87. The maximum atomic E-state index is 5.27. The van der Waals surface area contributed by atoms with Crippen LogP contribution in [0.2, 0.25) is 0 Å². The zero-order valence-corrected chi connectivity index (χ0v) is 8.86. The number of rotatable bonds is 2. The Morgan fingerprint density at radius 2 is 2.33 bits per heavy atom. The number of ether oxygens (including phenoxy) is 1. The molecule has 0 unspecified atom stereocenters. The molecule has 0 aliphatic heterocycles. The van der Waals surface area contributed by atoms with E-state index in [1.54, 1.807) is 7.11 Å². The van der Waals surface area contributed by atoms with Crippen molar-refractivity contribution < 1.29 is 9.15 Å². The molecule has 1 aromatic heterocycles. The molecule has 0 fully saturated rings. The smallest absolute Gasteiger partial charge is 0.230 e. The molecule has 0 aromatic carbocycles. The lowest BCUT2D eigenvalue weighted by molar-refractivity contribution is 0.407. The van der Waals surface area contributed by atoms with Crippen LogP contribution in [0.3, 0.4) is 0 Å². The minimum absolute atomic E-state index is 0.292. The van der Waals surface area contributed by atoms with Crippen LogP contribution < -0.4 is 4.74 Å². The van der Waals surface area contributed by atoms with E-state index in [1.807, 2.05) is 6.07 Å². The maximum absolute atomic E-state index is 5.27. The van der Waals surface area contributed by atoms with Gasteiger partial charge in [0, 0.05) is 5.22 Å². The molecule has 0 saturated carbocycles. The van der Waals surface area contributed by atoms with E-state index in [1.165, 1.54) is 16.8 Å². The van der Waals surface area contributed by atoms with Gasteiger partial charge in [0.05, 0.1) is 7.11 Å². The summed E-state index contributed by atoms with van der Waals surface area (Å²) in [5.74, 6) is 1.78. The van der Waals surface area contributed by atoms with Crippen LogP contribution in [0.5, 0.6) is 5.75 Å². The lowest BCUT2D eigenvalue weighted by Gasteiger charge is -2.08. The van der Waals surface area contributed by atoms with Crippen molar-refractivity contribution in [3.63, 3.8) is 0 Å². The van der Waals surface area contributed by atoms with E-state index in [-0.39, 0.29) is 0 Å². The van der Waals surface area contributed by atoms with Gasteiger partial charge in [-0.1, -0.05) is 12.1 Å². The fourth-order valence-corrected chi connectivity index (χ4v) is 1.29. The predicted octanol–water partition coefficient (Wildman–Crippen LogP) is 2.10. The quantitative estimate of drug-likeness (QED) is 0.626. The molecule has 0 amide bonds. The van der Waals surface area contributed by atoms with E-state index in [4.69, 9.17) is 16.3 Å². The van der Waals surface area contributed by atoms with Crippen LogP contribution in [-0.2, 0) is 5.88 Å². The number of hydrogen-bond donors (Lipinski definition) is 0. The van der Waals surface area contributed by atoms with Crippen molar-refractivity contribution in [2.75, 3.05) is 7.11 Å². The van der Waals surface area contributed by atoms with Crippen molar-refractivity contribution >= 4 is 11.6 Å². The average Bonchev–Trinajstić information content (AvgIpc) is 2.75. The molecule has 15 heavy (non-hydrogen) atoms. The molecule has 0 spiro atoms. The van der Waals surface area contributed by atoms with Gasteiger partial charge in [0.15, 0.2) is 0 Å². The molecule has 1 aromatic rings. The van der Waals surface area contributed by atoms with E-state index >= 15 is 0 Å². The summed E-state index contributed by atoms with van der Waals surface area (Å²) in [5, 5.41) is 9.50. The highest BCUT2D eigenvalue weighted by Gasteiger charge is 2.03. The fraction of sp³-hybridized carbons (Fsp3) is 0.200. The van der Waals surface area contributed by atoms with Crippen LogP contribution in [0.25, 0.3) is 0 Å². The van der Waals surface area contributed by atoms with Gasteiger partial charge in [0.2, 0.25) is 12.3 Å². The summed E-state index contributed by atoms with van der Waals surface area (Å²) in [6, 6.07) is 6.18. The minimum Gasteiger partial charge on any atom is -0.496 e. The largest absolute Gasteiger partial charge is 0.496 e. The summed E-state index contributed by atoms with van der Waals surface area (Å²) in [5.41, 5.74) is 0. The van der Waals surface area contributed by atoms with E-state index in [0.717, 1.165) is 5.75 Å². The molecule has 0 bridgehead atoms. The normalized spacial score (nSPS) is 10.3. The predicted molar refractivity (Wildman–Crippen MR) is 54.5 cm³/mol. The SMILES string of the molecule is COc1cc2ccc1=2.ClCc1nnco1. The Labute approximate surface area is 91.1 Å². The van der Waals surface area contributed by atoms with Crippen molar-refractivity contribution in [2.45, 2.75) is 5.88 Å². The minimum atomic E-state index is 0.292. The van der Waals surface area contributed by atoms with Crippen molar-refractivity contribution in [1.82, 2.24) is 10.2 Å². The molecule has 78 valence electrons. The molecular weight excluding hydrogens is 216 g/mol. The Morgan fingerprint density at radius 1 is 1.47 bits per heavy atom. The summed E-state index contributed by atoms with van der Waals surface area (Å²) in [4.78, 5) is 0. The van der Waals surface area contributed by atoms with Crippen LogP contribution in [0.15, 0.2) is 29.0 Å². The highest BCUT2D eigenvalue weighted by atomic mass is 35.5. The number of aromatic nitrogens is 2. The van der Waals surface area contributed by atoms with Crippen LogP contribution in [0, 0.1) is 10.4 Å². The third kappa shape index (κ3) is 1.94. The van der Waals surface area contributed by atoms with E-state index in [0.29, 0.717) is 11.8 Å². The number of alkyl halides is 1. The molecule has 5 heteroatoms. The summed E-state index contributed by atoms with van der Waals surface area (Å²) in [6.07, 6.45) is 1.25. The van der Waals surface area contributed by atoms with E-state index in [9.17, 15) is 0 Å². The Bertz CT molecular complexity index is 525. The molecule has 0 N–H and O–H groups in total. The van der Waals surface area contributed by atoms with Gasteiger partial charge < -0.3 is 9.15 Å². The average molecular weight is 225 g/mol. The van der Waals surface area contributed by atoms with Gasteiger partial charge in [0.25, 0.3) is 0 Å². The Balaban J connectivity index is 0.000000115. The van der Waals surface area contributed by atoms with Crippen LogP contribution in [0.1, 0.15) is 5.89 Å². The summed E-state index contributed by atoms with van der Waals surface area (Å²) in [7, 11) is 1.70. The molecule has 0 saturated heterocycles. The molecule has 0 atom stereocenters. The number of benzene rings is 1. The lowest BCUT2D eigenvalue weighted by Crippen LogP contribution is -1.92. The van der Waals surface area contributed by atoms with Gasteiger partial charge in [0.1, 0.15) is 11.6 Å². The summed E-state index contributed by atoms with van der Waals surface area (Å²) < 4.78 is 9.60. The van der Waals surface area contributed by atoms with Crippen LogP contribution in [-0.4, -0.2) is 17.3 Å². The van der Waals surface area contributed by atoms with Gasteiger partial charge in [-0.25, -0.2) is 0 Å². The third-order valence-corrected chi connectivity index (χ3v) is 2.26. The third-order valence-electron chi connectivity index (χ3n) is 2.03. The maximum Gasteiger partial charge on any atom is 0.230 e. The van der Waals surface area contributed by atoms with Gasteiger partial charge in [-0.2, -0.15) is 0 Å². The number of methoxy groups -OCH3 is 1. The first-order valence-electron chi connectivity index (χ1n) is 4.34. The van der Waals surface area contributed by atoms with Crippen molar-refractivity contribution in [1.29, 1.82) is 0 Å². The van der Waals surface area contributed by atoms with Crippen molar-refractivity contribution in [3.8, 4) is 5.75 Å². The summed E-state index contributed by atoms with van der Waals surface area (Å²) in [6.45, 7) is 0. The van der Waals surface area contributed by atoms with Gasteiger partial charge in [-0.15, -0.1) is 21.8 Å². The molecular formula is C10H9ClN2O2. The van der Waals surface area contributed by atoms with Crippen molar-refractivity contribution in [2.24, 2.45) is 0 Å². The highest BCUT2D eigenvalue weighted by molar-refractivity contribution is 6.16. The first kappa shape index (κ1) is 9.98. The van der Waals surface area contributed by atoms with Crippen LogP contribution in [0.4, 0.5) is 0 Å². The zero-order valence-electron chi connectivity index (χ0n) is 8.11. The summed E-state index contributed by atoms with van der Waals surface area (Å²) >= 11 is 5.27. The monoisotopic (exact) mass is 224 g/mol. The Morgan fingerprint density at radius 3 is 2.53 bits per heavy atom. The topological polar surface area (TPSA) is 48.2 Å². The van der Waals surface area contributed by atoms with Gasteiger partial charge in [-0.3, -0.25) is 0 Å². The second-order valence-electron chi connectivity index (χ2n) is 2.88. The molecule has 1 heterocycles. The second kappa shape index (κ2) is 4.31. The first-order chi connectivity index (χ1) is 7.35. The Hall–Kier alpha value is -1.55. The number of nitrogens with zero attached hydrogens (tertiary/aromatic N) is 2. The van der Waals surface area contributed by atoms with Gasteiger partial charge >= 0.3 is 0 Å². The lowest BCUT2D eigenvalue weighted by atomic mass is 10.1. The van der Waals surface area contributed by atoms with E-state index < -0.39 is 0 Å². The molecule has 3 rings (SSSR count). The number of hydrogen-bond acceptors (Lipinski definition) is 4. The molecule has 0 radical (unpaired) electrons. The zero-order chi connectivity index (χ0) is 10.7.